The van der Waals surface area contributed by atoms with Crippen LogP contribution in [0.15, 0.2) is 0 Å². The second-order valence-corrected chi connectivity index (χ2v) is 5.17. The minimum Gasteiger partial charge on any atom is -0.0654 e. The lowest BCUT2D eigenvalue weighted by atomic mass is 9.90. The average molecular weight is 182 g/mol. The molecule has 0 heterocycles. The van der Waals surface area contributed by atoms with Gasteiger partial charge < -0.3 is 0 Å². The van der Waals surface area contributed by atoms with E-state index in [4.69, 9.17) is 0 Å². The normalized spacial score (nSPS) is 31.4. The summed E-state index contributed by atoms with van der Waals surface area (Å²) in [6.07, 6.45) is 7.19. The van der Waals surface area contributed by atoms with Gasteiger partial charge in [-0.1, -0.05) is 47.0 Å². The van der Waals surface area contributed by atoms with Gasteiger partial charge in [-0.2, -0.15) is 0 Å². The molecule has 0 aromatic heterocycles. The summed E-state index contributed by atoms with van der Waals surface area (Å²) in [5.74, 6) is 4.12. The van der Waals surface area contributed by atoms with Crippen LogP contribution in [0.2, 0.25) is 0 Å². The van der Waals surface area contributed by atoms with Crippen LogP contribution in [0.25, 0.3) is 0 Å². The SMILES string of the molecule is CCCC(C)CC(C)C1CC1CC. The van der Waals surface area contributed by atoms with Crippen LogP contribution in [0.4, 0.5) is 0 Å². The van der Waals surface area contributed by atoms with Crippen molar-refractivity contribution < 1.29 is 0 Å². The highest BCUT2D eigenvalue weighted by atomic mass is 14.4. The molecule has 13 heavy (non-hydrogen) atoms. The molecule has 1 fully saturated rings. The standard InChI is InChI=1S/C13H26/c1-5-7-10(3)8-11(4)13-9-12(13)6-2/h10-13H,5-9H2,1-4H3. The van der Waals surface area contributed by atoms with E-state index < -0.39 is 0 Å². The summed E-state index contributed by atoms with van der Waals surface area (Å²) in [7, 11) is 0. The van der Waals surface area contributed by atoms with E-state index in [9.17, 15) is 0 Å². The maximum absolute atomic E-state index is 2.46. The summed E-state index contributed by atoms with van der Waals surface area (Å²) < 4.78 is 0. The van der Waals surface area contributed by atoms with Gasteiger partial charge in [-0.15, -0.1) is 0 Å². The van der Waals surface area contributed by atoms with Crippen LogP contribution < -0.4 is 0 Å². The van der Waals surface area contributed by atoms with Crippen molar-refractivity contribution >= 4 is 0 Å². The molecule has 1 aliphatic rings. The minimum absolute atomic E-state index is 0.957. The van der Waals surface area contributed by atoms with Crippen molar-refractivity contribution in [1.29, 1.82) is 0 Å². The van der Waals surface area contributed by atoms with Gasteiger partial charge in [-0.3, -0.25) is 0 Å². The molecule has 1 rings (SSSR count). The molecule has 0 amide bonds. The Labute approximate surface area is 84.1 Å². The fourth-order valence-corrected chi connectivity index (χ4v) is 2.86. The molecule has 4 atom stereocenters. The van der Waals surface area contributed by atoms with Crippen molar-refractivity contribution in [2.45, 2.75) is 59.8 Å². The second kappa shape index (κ2) is 5.02. The summed E-state index contributed by atoms with van der Waals surface area (Å²) in [6.45, 7) is 9.52. The van der Waals surface area contributed by atoms with Gasteiger partial charge in [-0.05, 0) is 36.5 Å². The quantitative estimate of drug-likeness (QED) is 0.567. The Kier molecular flexibility index (Phi) is 4.28. The van der Waals surface area contributed by atoms with Crippen LogP contribution >= 0.6 is 0 Å². The maximum atomic E-state index is 2.46. The number of hydrogen-bond donors (Lipinski definition) is 0. The average Bonchev–Trinajstić information content (AvgIpc) is 2.82. The van der Waals surface area contributed by atoms with E-state index in [1.165, 1.54) is 32.1 Å². The van der Waals surface area contributed by atoms with Crippen molar-refractivity contribution in [1.82, 2.24) is 0 Å². The zero-order valence-corrected chi connectivity index (χ0v) is 9.84. The predicted octanol–water partition coefficient (Wildman–Crippen LogP) is 4.49. The molecule has 0 aliphatic heterocycles. The van der Waals surface area contributed by atoms with Crippen molar-refractivity contribution in [2.24, 2.45) is 23.7 Å². The minimum atomic E-state index is 0.957. The van der Waals surface area contributed by atoms with Gasteiger partial charge in [0, 0.05) is 0 Å². The maximum Gasteiger partial charge on any atom is -0.0357 e. The molecule has 0 aromatic rings. The van der Waals surface area contributed by atoms with Crippen molar-refractivity contribution in [3.05, 3.63) is 0 Å². The lowest BCUT2D eigenvalue weighted by molar-refractivity contribution is 0.348. The molecule has 78 valence electrons. The van der Waals surface area contributed by atoms with E-state index in [1.807, 2.05) is 0 Å². The van der Waals surface area contributed by atoms with Gasteiger partial charge in [-0.25, -0.2) is 0 Å². The summed E-state index contributed by atoms with van der Waals surface area (Å²) in [5.41, 5.74) is 0. The molecule has 1 saturated carbocycles. The van der Waals surface area contributed by atoms with Crippen molar-refractivity contribution in [3.63, 3.8) is 0 Å². The Morgan fingerprint density at radius 2 is 1.92 bits per heavy atom. The van der Waals surface area contributed by atoms with Gasteiger partial charge in [0.05, 0.1) is 0 Å². The van der Waals surface area contributed by atoms with Crippen LogP contribution in [-0.4, -0.2) is 0 Å². The smallest absolute Gasteiger partial charge is 0.0357 e. The van der Waals surface area contributed by atoms with Crippen LogP contribution in [0.1, 0.15) is 59.8 Å². The lowest BCUT2D eigenvalue weighted by Gasteiger charge is -2.16. The lowest BCUT2D eigenvalue weighted by Crippen LogP contribution is -2.06. The molecule has 1 aliphatic carbocycles. The predicted molar refractivity (Wildman–Crippen MR) is 59.7 cm³/mol. The van der Waals surface area contributed by atoms with E-state index in [0.29, 0.717) is 0 Å². The third-order valence-corrected chi connectivity index (χ3v) is 3.79. The highest BCUT2D eigenvalue weighted by Crippen LogP contribution is 2.48. The highest BCUT2D eigenvalue weighted by Gasteiger charge is 2.39. The van der Waals surface area contributed by atoms with Crippen LogP contribution in [-0.2, 0) is 0 Å². The molecule has 0 heteroatoms. The summed E-state index contributed by atoms with van der Waals surface area (Å²) >= 11 is 0. The van der Waals surface area contributed by atoms with Gasteiger partial charge in [0.2, 0.25) is 0 Å². The topological polar surface area (TPSA) is 0 Å². The third-order valence-electron chi connectivity index (χ3n) is 3.79. The zero-order valence-electron chi connectivity index (χ0n) is 9.84. The van der Waals surface area contributed by atoms with Crippen LogP contribution in [0.5, 0.6) is 0 Å². The Morgan fingerprint density at radius 3 is 2.38 bits per heavy atom. The van der Waals surface area contributed by atoms with Gasteiger partial charge in [0.1, 0.15) is 0 Å². The molecule has 0 radical (unpaired) electrons. The van der Waals surface area contributed by atoms with Crippen molar-refractivity contribution in [3.8, 4) is 0 Å². The molecule has 0 N–H and O–H groups in total. The van der Waals surface area contributed by atoms with Gasteiger partial charge in [0.15, 0.2) is 0 Å². The second-order valence-electron chi connectivity index (χ2n) is 5.17. The largest absolute Gasteiger partial charge is 0.0654 e. The fourth-order valence-electron chi connectivity index (χ4n) is 2.86. The van der Waals surface area contributed by atoms with E-state index >= 15 is 0 Å². The Hall–Kier alpha value is 0. The highest BCUT2D eigenvalue weighted by molar-refractivity contribution is 4.88. The Balaban J connectivity index is 2.14. The van der Waals surface area contributed by atoms with E-state index in [-0.39, 0.29) is 0 Å². The summed E-state index contributed by atoms with van der Waals surface area (Å²) in [4.78, 5) is 0. The molecular weight excluding hydrogens is 156 g/mol. The molecule has 0 aromatic carbocycles. The molecule has 0 saturated heterocycles. The van der Waals surface area contributed by atoms with E-state index in [1.54, 1.807) is 0 Å². The van der Waals surface area contributed by atoms with Gasteiger partial charge in [0.25, 0.3) is 0 Å². The molecule has 0 bridgehead atoms. The molecule has 0 nitrogen and oxygen atoms in total. The first kappa shape index (κ1) is 11.1. The number of hydrogen-bond acceptors (Lipinski definition) is 0. The molecule has 4 unspecified atom stereocenters. The van der Waals surface area contributed by atoms with Crippen LogP contribution in [0.3, 0.4) is 0 Å². The van der Waals surface area contributed by atoms with Crippen LogP contribution in [0, 0.1) is 23.7 Å². The number of rotatable bonds is 6. The third kappa shape index (κ3) is 3.32. The first-order chi connectivity index (χ1) is 6.19. The van der Waals surface area contributed by atoms with Gasteiger partial charge >= 0.3 is 0 Å². The van der Waals surface area contributed by atoms with Crippen molar-refractivity contribution in [2.75, 3.05) is 0 Å². The monoisotopic (exact) mass is 182 g/mol. The Bertz CT molecular complexity index is 139. The zero-order chi connectivity index (χ0) is 9.84. The summed E-state index contributed by atoms with van der Waals surface area (Å²) in [5, 5.41) is 0. The summed E-state index contributed by atoms with van der Waals surface area (Å²) in [6, 6.07) is 0. The first-order valence-corrected chi connectivity index (χ1v) is 6.19. The Morgan fingerprint density at radius 1 is 1.23 bits per heavy atom. The van der Waals surface area contributed by atoms with E-state index in [2.05, 4.69) is 27.7 Å². The fraction of sp³-hybridized carbons (Fsp3) is 1.00. The molecule has 0 spiro atoms. The molecular formula is C13H26. The van der Waals surface area contributed by atoms with E-state index in [0.717, 1.165) is 23.7 Å². The first-order valence-electron chi connectivity index (χ1n) is 6.19.